The van der Waals surface area contributed by atoms with Gasteiger partial charge in [-0.05, 0) is 18.2 Å². The van der Waals surface area contributed by atoms with Crippen molar-refractivity contribution in [2.24, 2.45) is 5.16 Å². The smallest absolute Gasteiger partial charge is 0.312 e. The van der Waals surface area contributed by atoms with Crippen LogP contribution < -0.4 is 0 Å². The fourth-order valence-corrected chi connectivity index (χ4v) is 1.82. The number of hydrogen-bond donors (Lipinski definition) is 0. The van der Waals surface area contributed by atoms with Crippen molar-refractivity contribution in [3.05, 3.63) is 71.6 Å². The van der Waals surface area contributed by atoms with Crippen LogP contribution in [-0.4, -0.2) is 16.7 Å². The average molecular weight is 250 g/mol. The first-order chi connectivity index (χ1) is 9.34. The van der Waals surface area contributed by atoms with Crippen LogP contribution in [0.5, 0.6) is 0 Å². The van der Waals surface area contributed by atoms with Crippen LogP contribution in [0.3, 0.4) is 0 Å². The maximum absolute atomic E-state index is 11.7. The molecule has 0 saturated carbocycles. The summed E-state index contributed by atoms with van der Waals surface area (Å²) in [6.45, 7) is 0. The highest BCUT2D eigenvalue weighted by Gasteiger charge is 2.26. The van der Waals surface area contributed by atoms with Crippen molar-refractivity contribution in [1.29, 1.82) is 0 Å². The lowest BCUT2D eigenvalue weighted by Gasteiger charge is -1.99. The van der Waals surface area contributed by atoms with Crippen LogP contribution >= 0.6 is 0 Å². The van der Waals surface area contributed by atoms with Crippen LogP contribution in [-0.2, 0) is 9.63 Å². The summed E-state index contributed by atoms with van der Waals surface area (Å²) in [4.78, 5) is 20.7. The predicted octanol–water partition coefficient (Wildman–Crippen LogP) is 2.43. The Morgan fingerprint density at radius 2 is 1.79 bits per heavy atom. The van der Waals surface area contributed by atoms with Gasteiger partial charge in [0.05, 0.1) is 11.3 Å². The number of oxime groups is 1. The molecule has 4 nitrogen and oxygen atoms in total. The minimum Gasteiger partial charge on any atom is -0.312 e. The molecule has 0 bridgehead atoms. The Labute approximate surface area is 110 Å². The highest BCUT2D eigenvalue weighted by atomic mass is 16.7. The van der Waals surface area contributed by atoms with E-state index in [4.69, 9.17) is 4.84 Å². The Morgan fingerprint density at radius 1 is 1.00 bits per heavy atom. The van der Waals surface area contributed by atoms with Gasteiger partial charge < -0.3 is 4.84 Å². The number of nitrogens with zero attached hydrogens (tertiary/aromatic N) is 2. The number of carbonyl (C=O) groups is 1. The number of hydrogen-bond acceptors (Lipinski definition) is 4. The third kappa shape index (κ3) is 2.28. The second-order valence-electron chi connectivity index (χ2n) is 4.00. The largest absolute Gasteiger partial charge is 0.368 e. The molecule has 1 aliphatic heterocycles. The Balaban J connectivity index is 2.02. The molecule has 1 aliphatic rings. The molecule has 1 aromatic heterocycles. The van der Waals surface area contributed by atoms with E-state index < -0.39 is 5.97 Å². The van der Waals surface area contributed by atoms with E-state index in [1.165, 1.54) is 0 Å². The van der Waals surface area contributed by atoms with Crippen molar-refractivity contribution >= 4 is 17.8 Å². The van der Waals surface area contributed by atoms with Crippen LogP contribution in [0.4, 0.5) is 0 Å². The Hall–Kier alpha value is -2.75. The van der Waals surface area contributed by atoms with Crippen LogP contribution in [0.2, 0.25) is 0 Å². The summed E-state index contributed by atoms with van der Waals surface area (Å²) in [7, 11) is 0. The van der Waals surface area contributed by atoms with Gasteiger partial charge in [-0.15, -0.1) is 0 Å². The zero-order chi connectivity index (χ0) is 13.1. The van der Waals surface area contributed by atoms with Gasteiger partial charge in [-0.25, -0.2) is 4.79 Å². The van der Waals surface area contributed by atoms with Crippen molar-refractivity contribution in [1.82, 2.24) is 4.98 Å². The van der Waals surface area contributed by atoms with E-state index >= 15 is 0 Å². The van der Waals surface area contributed by atoms with Gasteiger partial charge in [-0.1, -0.05) is 41.6 Å². The average Bonchev–Trinajstić information content (AvgIpc) is 2.82. The maximum Gasteiger partial charge on any atom is 0.368 e. The van der Waals surface area contributed by atoms with E-state index in [9.17, 15) is 4.79 Å². The number of pyridine rings is 1. The molecule has 3 rings (SSSR count). The zero-order valence-corrected chi connectivity index (χ0v) is 9.98. The molecule has 0 fully saturated rings. The molecule has 2 heterocycles. The van der Waals surface area contributed by atoms with Gasteiger partial charge in [0.15, 0.2) is 0 Å². The van der Waals surface area contributed by atoms with E-state index in [2.05, 4.69) is 10.1 Å². The lowest BCUT2D eigenvalue weighted by molar-refractivity contribution is -0.136. The molecule has 19 heavy (non-hydrogen) atoms. The number of carbonyl (C=O) groups excluding carboxylic acids is 1. The third-order valence-electron chi connectivity index (χ3n) is 2.72. The molecule has 92 valence electrons. The number of benzene rings is 1. The molecule has 1 aromatic carbocycles. The Bertz CT molecular complexity index is 661. The van der Waals surface area contributed by atoms with Crippen LogP contribution in [0.25, 0.3) is 6.08 Å². The minimum atomic E-state index is -0.454. The SMILES string of the molecule is O=C1ON=C(c2ccccc2)/C1=C\c1ccccn1. The summed E-state index contributed by atoms with van der Waals surface area (Å²) in [5.74, 6) is -0.454. The van der Waals surface area contributed by atoms with Gasteiger partial charge in [0.25, 0.3) is 0 Å². The first-order valence-corrected chi connectivity index (χ1v) is 5.82. The van der Waals surface area contributed by atoms with Gasteiger partial charge in [-0.2, -0.15) is 0 Å². The molecule has 0 saturated heterocycles. The van der Waals surface area contributed by atoms with E-state index in [0.29, 0.717) is 17.0 Å². The highest BCUT2D eigenvalue weighted by molar-refractivity contribution is 6.31. The van der Waals surface area contributed by atoms with Crippen molar-refractivity contribution in [3.63, 3.8) is 0 Å². The molecule has 4 heteroatoms. The molecule has 0 radical (unpaired) electrons. The van der Waals surface area contributed by atoms with Gasteiger partial charge in [0.1, 0.15) is 5.71 Å². The molecular weight excluding hydrogens is 240 g/mol. The lowest BCUT2D eigenvalue weighted by atomic mass is 10.0. The summed E-state index contributed by atoms with van der Waals surface area (Å²) in [5, 5.41) is 3.84. The van der Waals surface area contributed by atoms with Crippen molar-refractivity contribution in [3.8, 4) is 0 Å². The third-order valence-corrected chi connectivity index (χ3v) is 2.72. The molecule has 0 aliphatic carbocycles. The summed E-state index contributed by atoms with van der Waals surface area (Å²) in [6.07, 6.45) is 3.35. The molecule has 0 amide bonds. The van der Waals surface area contributed by atoms with E-state index in [1.54, 1.807) is 12.3 Å². The van der Waals surface area contributed by atoms with Crippen molar-refractivity contribution in [2.75, 3.05) is 0 Å². The fraction of sp³-hybridized carbons (Fsp3) is 0. The summed E-state index contributed by atoms with van der Waals surface area (Å²) >= 11 is 0. The topological polar surface area (TPSA) is 51.5 Å². The van der Waals surface area contributed by atoms with Crippen molar-refractivity contribution in [2.45, 2.75) is 0 Å². The van der Waals surface area contributed by atoms with E-state index in [0.717, 1.165) is 5.56 Å². The summed E-state index contributed by atoms with van der Waals surface area (Å²) in [5.41, 5.74) is 2.50. The molecule has 0 spiro atoms. The summed E-state index contributed by atoms with van der Waals surface area (Å²) < 4.78 is 0. The minimum absolute atomic E-state index is 0.421. The second kappa shape index (κ2) is 4.86. The van der Waals surface area contributed by atoms with Crippen LogP contribution in [0.1, 0.15) is 11.3 Å². The number of rotatable bonds is 2. The van der Waals surface area contributed by atoms with E-state index in [1.807, 2.05) is 48.5 Å². The first kappa shape index (κ1) is 11.3. The monoisotopic (exact) mass is 250 g/mol. The second-order valence-corrected chi connectivity index (χ2v) is 4.00. The first-order valence-electron chi connectivity index (χ1n) is 5.82. The van der Waals surface area contributed by atoms with Gasteiger partial charge >= 0.3 is 5.97 Å². The lowest BCUT2D eigenvalue weighted by Crippen LogP contribution is -2.06. The molecule has 0 atom stereocenters. The Kier molecular flexibility index (Phi) is 2.90. The van der Waals surface area contributed by atoms with Crippen molar-refractivity contribution < 1.29 is 9.63 Å². The van der Waals surface area contributed by atoms with E-state index in [-0.39, 0.29) is 0 Å². The quantitative estimate of drug-likeness (QED) is 0.607. The standard InChI is InChI=1S/C15H10N2O2/c18-15-13(10-12-8-4-5-9-16-12)14(17-19-15)11-6-2-1-3-7-11/h1-10H/b13-10+. The van der Waals surface area contributed by atoms with Crippen LogP contribution in [0, 0.1) is 0 Å². The molecule has 0 N–H and O–H groups in total. The molecular formula is C15H10N2O2. The van der Waals surface area contributed by atoms with Gasteiger partial charge in [-0.3, -0.25) is 4.98 Å². The van der Waals surface area contributed by atoms with Crippen LogP contribution in [0.15, 0.2) is 65.5 Å². The fourth-order valence-electron chi connectivity index (χ4n) is 1.82. The summed E-state index contributed by atoms with van der Waals surface area (Å²) in [6, 6.07) is 14.9. The predicted molar refractivity (Wildman–Crippen MR) is 71.3 cm³/mol. The zero-order valence-electron chi connectivity index (χ0n) is 9.98. The number of aromatic nitrogens is 1. The van der Waals surface area contributed by atoms with Gasteiger partial charge in [0.2, 0.25) is 0 Å². The van der Waals surface area contributed by atoms with Gasteiger partial charge in [0, 0.05) is 11.8 Å². The normalized spacial score (nSPS) is 16.3. The Morgan fingerprint density at radius 3 is 2.53 bits per heavy atom. The maximum atomic E-state index is 11.7. The molecule has 2 aromatic rings. The molecule has 0 unspecified atom stereocenters. The highest BCUT2D eigenvalue weighted by Crippen LogP contribution is 2.19.